The van der Waals surface area contributed by atoms with Crippen molar-refractivity contribution in [2.24, 2.45) is 0 Å². The van der Waals surface area contributed by atoms with Crippen molar-refractivity contribution >= 4 is 29.1 Å². The highest BCUT2D eigenvalue weighted by molar-refractivity contribution is 5.76. The van der Waals surface area contributed by atoms with Crippen LogP contribution in [0.5, 0.6) is 5.88 Å². The van der Waals surface area contributed by atoms with Crippen LogP contribution < -0.4 is 4.74 Å². The SMILES string of the molecule is CCCC(=O)OC[C@H]1O[C@@H](n2cnc3c(OC)ncnc32)[C@@H](OC(=O)CCC)[C@@H]1OC(=O)CCC. The standard InChI is InChI=1S/C23H32N4O8/c1-5-8-15(28)32-11-14-19(34-16(29)9-6-2)20(35-17(30)10-7-3)23(33-14)27-13-26-18-21(27)24-12-25-22(18)31-4/h12-14,19-20,23H,5-11H2,1-4H3/t14-,19-,20+,23-/m1/s1. The molecule has 12 nitrogen and oxygen atoms in total. The van der Waals surface area contributed by atoms with Crippen LogP contribution in [0, 0.1) is 0 Å². The number of methoxy groups -OCH3 is 1. The largest absolute Gasteiger partial charge is 0.479 e. The fraction of sp³-hybridized carbons (Fsp3) is 0.652. The Morgan fingerprint density at radius 1 is 0.914 bits per heavy atom. The molecule has 12 heteroatoms. The van der Waals surface area contributed by atoms with E-state index < -0.39 is 42.4 Å². The van der Waals surface area contributed by atoms with Crippen LogP contribution in [0.2, 0.25) is 0 Å². The molecule has 2 aromatic heterocycles. The number of carbonyl (C=O) groups excluding carboxylic acids is 3. The van der Waals surface area contributed by atoms with Crippen LogP contribution >= 0.6 is 0 Å². The van der Waals surface area contributed by atoms with Crippen LogP contribution in [0.1, 0.15) is 65.5 Å². The number of aromatic nitrogens is 4. The maximum absolute atomic E-state index is 12.5. The zero-order valence-corrected chi connectivity index (χ0v) is 20.5. The summed E-state index contributed by atoms with van der Waals surface area (Å²) < 4.78 is 29.9. The highest BCUT2D eigenvalue weighted by Crippen LogP contribution is 2.37. The van der Waals surface area contributed by atoms with Gasteiger partial charge in [-0.25, -0.2) is 9.97 Å². The van der Waals surface area contributed by atoms with Gasteiger partial charge in [0.2, 0.25) is 5.88 Å². The maximum atomic E-state index is 12.5. The Bertz CT molecular complexity index is 1030. The number of nitrogens with zero attached hydrogens (tertiary/aromatic N) is 4. The van der Waals surface area contributed by atoms with Crippen LogP contribution in [0.25, 0.3) is 11.2 Å². The van der Waals surface area contributed by atoms with Gasteiger partial charge in [0.1, 0.15) is 19.0 Å². The van der Waals surface area contributed by atoms with Gasteiger partial charge >= 0.3 is 17.9 Å². The summed E-state index contributed by atoms with van der Waals surface area (Å²) in [5.41, 5.74) is 0.759. The maximum Gasteiger partial charge on any atom is 0.306 e. The summed E-state index contributed by atoms with van der Waals surface area (Å²) in [6, 6.07) is 0. The highest BCUT2D eigenvalue weighted by Gasteiger charge is 2.51. The second-order valence-corrected chi connectivity index (χ2v) is 8.11. The topological polar surface area (TPSA) is 141 Å². The van der Waals surface area contributed by atoms with E-state index in [0.29, 0.717) is 30.4 Å². The van der Waals surface area contributed by atoms with E-state index >= 15 is 0 Å². The van der Waals surface area contributed by atoms with Crippen LogP contribution in [0.4, 0.5) is 0 Å². The van der Waals surface area contributed by atoms with Gasteiger partial charge in [-0.05, 0) is 19.3 Å². The normalized spacial score (nSPS) is 21.6. The van der Waals surface area contributed by atoms with Crippen LogP contribution in [-0.4, -0.2) is 69.5 Å². The second kappa shape index (κ2) is 12.4. The van der Waals surface area contributed by atoms with Crippen molar-refractivity contribution in [3.63, 3.8) is 0 Å². The molecule has 0 unspecified atom stereocenters. The van der Waals surface area contributed by atoms with Crippen molar-refractivity contribution in [2.45, 2.75) is 83.8 Å². The molecule has 1 aliphatic heterocycles. The minimum atomic E-state index is -1.02. The molecule has 0 amide bonds. The van der Waals surface area contributed by atoms with Gasteiger partial charge in [0, 0.05) is 19.3 Å². The fourth-order valence-electron chi connectivity index (χ4n) is 3.78. The van der Waals surface area contributed by atoms with Crippen molar-refractivity contribution in [1.82, 2.24) is 19.5 Å². The van der Waals surface area contributed by atoms with E-state index in [2.05, 4.69) is 15.0 Å². The lowest BCUT2D eigenvalue weighted by molar-refractivity contribution is -0.169. The van der Waals surface area contributed by atoms with E-state index in [-0.39, 0.29) is 31.7 Å². The molecule has 0 N–H and O–H groups in total. The first kappa shape index (κ1) is 26.3. The molecular weight excluding hydrogens is 460 g/mol. The summed E-state index contributed by atoms with van der Waals surface area (Å²) in [5, 5.41) is 0. The number of hydrogen-bond acceptors (Lipinski definition) is 11. The number of rotatable bonds is 12. The summed E-state index contributed by atoms with van der Waals surface area (Å²) in [4.78, 5) is 49.6. The first-order valence-corrected chi connectivity index (χ1v) is 11.8. The van der Waals surface area contributed by atoms with Gasteiger partial charge in [0.05, 0.1) is 13.4 Å². The lowest BCUT2D eigenvalue weighted by atomic mass is 10.1. The Balaban J connectivity index is 1.98. The summed E-state index contributed by atoms with van der Waals surface area (Å²) in [7, 11) is 1.46. The molecule has 1 saturated heterocycles. The number of ether oxygens (including phenoxy) is 5. The summed E-state index contributed by atoms with van der Waals surface area (Å²) in [6.45, 7) is 5.39. The van der Waals surface area contributed by atoms with Gasteiger partial charge < -0.3 is 23.7 Å². The van der Waals surface area contributed by atoms with E-state index in [1.807, 2.05) is 20.8 Å². The lowest BCUT2D eigenvalue weighted by Crippen LogP contribution is -2.41. The van der Waals surface area contributed by atoms with E-state index in [0.717, 1.165) is 0 Å². The molecule has 0 bridgehead atoms. The Morgan fingerprint density at radius 3 is 2.17 bits per heavy atom. The Kier molecular flexibility index (Phi) is 9.35. The van der Waals surface area contributed by atoms with Gasteiger partial charge in [-0.2, -0.15) is 4.98 Å². The summed E-state index contributed by atoms with van der Waals surface area (Å²) in [5.74, 6) is -1.07. The minimum absolute atomic E-state index is 0.174. The molecule has 0 aliphatic carbocycles. The Morgan fingerprint density at radius 2 is 1.54 bits per heavy atom. The van der Waals surface area contributed by atoms with Crippen molar-refractivity contribution < 1.29 is 38.1 Å². The zero-order chi connectivity index (χ0) is 25.4. The molecule has 4 atom stereocenters. The average Bonchev–Trinajstić information content (AvgIpc) is 3.40. The predicted octanol–water partition coefficient (Wildman–Crippen LogP) is 2.50. The Hall–Kier alpha value is -3.28. The van der Waals surface area contributed by atoms with Crippen molar-refractivity contribution in [1.29, 1.82) is 0 Å². The summed E-state index contributed by atoms with van der Waals surface area (Å²) in [6.07, 6.45) is 1.31. The smallest absolute Gasteiger partial charge is 0.306 e. The molecule has 3 heterocycles. The molecule has 2 aromatic rings. The van der Waals surface area contributed by atoms with Crippen molar-refractivity contribution in [3.05, 3.63) is 12.7 Å². The lowest BCUT2D eigenvalue weighted by Gasteiger charge is -2.24. The third-order valence-electron chi connectivity index (χ3n) is 5.38. The molecule has 0 aromatic carbocycles. The third kappa shape index (κ3) is 6.24. The van der Waals surface area contributed by atoms with E-state index in [4.69, 9.17) is 23.7 Å². The van der Waals surface area contributed by atoms with Crippen LogP contribution in [0.15, 0.2) is 12.7 Å². The fourth-order valence-corrected chi connectivity index (χ4v) is 3.78. The molecule has 3 rings (SSSR count). The molecule has 1 fully saturated rings. The van der Waals surface area contributed by atoms with E-state index in [9.17, 15) is 14.4 Å². The van der Waals surface area contributed by atoms with Gasteiger partial charge in [-0.1, -0.05) is 20.8 Å². The van der Waals surface area contributed by atoms with Gasteiger partial charge in [0.15, 0.2) is 29.6 Å². The Labute approximate surface area is 203 Å². The first-order chi connectivity index (χ1) is 16.9. The van der Waals surface area contributed by atoms with Crippen LogP contribution in [-0.2, 0) is 33.3 Å². The second-order valence-electron chi connectivity index (χ2n) is 8.11. The van der Waals surface area contributed by atoms with Gasteiger partial charge in [-0.15, -0.1) is 0 Å². The summed E-state index contributed by atoms with van der Waals surface area (Å²) >= 11 is 0. The number of imidazole rings is 1. The first-order valence-electron chi connectivity index (χ1n) is 11.8. The highest BCUT2D eigenvalue weighted by atomic mass is 16.7. The molecule has 35 heavy (non-hydrogen) atoms. The van der Waals surface area contributed by atoms with E-state index in [1.165, 1.54) is 19.8 Å². The van der Waals surface area contributed by atoms with E-state index in [1.54, 1.807) is 4.57 Å². The third-order valence-corrected chi connectivity index (χ3v) is 5.38. The van der Waals surface area contributed by atoms with Gasteiger partial charge in [0.25, 0.3) is 0 Å². The monoisotopic (exact) mass is 492 g/mol. The zero-order valence-electron chi connectivity index (χ0n) is 20.5. The molecule has 0 spiro atoms. The molecule has 0 saturated carbocycles. The van der Waals surface area contributed by atoms with Crippen LogP contribution in [0.3, 0.4) is 0 Å². The van der Waals surface area contributed by atoms with Gasteiger partial charge in [-0.3, -0.25) is 19.0 Å². The molecule has 0 radical (unpaired) electrons. The minimum Gasteiger partial charge on any atom is -0.479 e. The van der Waals surface area contributed by atoms with Crippen molar-refractivity contribution in [3.8, 4) is 5.88 Å². The number of esters is 3. The molecule has 1 aliphatic rings. The number of carbonyl (C=O) groups is 3. The molecule has 192 valence electrons. The average molecular weight is 493 g/mol. The quantitative estimate of drug-likeness (QED) is 0.319. The number of hydrogen-bond donors (Lipinski definition) is 0. The predicted molar refractivity (Wildman–Crippen MR) is 121 cm³/mol. The molecular formula is C23H32N4O8. The van der Waals surface area contributed by atoms with Crippen molar-refractivity contribution in [2.75, 3.05) is 13.7 Å². The number of fused-ring (bicyclic) bond motifs is 1.